The molecule has 0 atom stereocenters. The van der Waals surface area contributed by atoms with E-state index in [4.69, 9.17) is 5.11 Å². The third-order valence-electron chi connectivity index (χ3n) is 2.94. The van der Waals surface area contributed by atoms with Gasteiger partial charge in [-0.05, 0) is 67.8 Å². The zero-order chi connectivity index (χ0) is 19.5. The fourth-order valence-electron chi connectivity index (χ4n) is 1.71. The van der Waals surface area contributed by atoms with E-state index in [-0.39, 0.29) is 20.7 Å². The topological polar surface area (TPSA) is 124 Å². The Hall–Kier alpha value is -0.970. The Labute approximate surface area is 183 Å². The number of hydrogen-bond acceptors (Lipinski definition) is 4. The Kier molecular flexibility index (Phi) is 8.04. The maximum Gasteiger partial charge on any atom is 0.338 e. The number of nitrogens with one attached hydrogen (secondary N) is 1. The molecule has 1 rings (SSSR count). The number of hydrogen-bond donors (Lipinski definition) is 3. The molecule has 0 spiro atoms. The number of carbonyl (C=O) groups excluding carboxylic acids is 2. The van der Waals surface area contributed by atoms with Crippen LogP contribution in [0.2, 0.25) is 0 Å². The first-order valence-electron chi connectivity index (χ1n) is 6.39. The zero-order valence-corrected chi connectivity index (χ0v) is 19.2. The van der Waals surface area contributed by atoms with Gasteiger partial charge in [-0.15, -0.1) is 0 Å². The van der Waals surface area contributed by atoms with Crippen LogP contribution in [0, 0.1) is 10.7 Å². The quantitative estimate of drug-likeness (QED) is 0.324. The summed E-state index contributed by atoms with van der Waals surface area (Å²) in [6.07, 6.45) is 1.49. The molecule has 0 aliphatic rings. The van der Waals surface area contributed by atoms with Crippen molar-refractivity contribution in [2.24, 2.45) is 0 Å². The molecule has 0 aliphatic heterocycles. The highest BCUT2D eigenvalue weighted by Crippen LogP contribution is 2.40. The molecule has 0 aromatic heterocycles. The van der Waals surface area contributed by atoms with E-state index in [1.165, 1.54) is 18.9 Å². The largest absolute Gasteiger partial charge is 0.478 e. The van der Waals surface area contributed by atoms with E-state index in [0.29, 0.717) is 18.9 Å². The second kappa shape index (κ2) is 9.11. The van der Waals surface area contributed by atoms with Crippen LogP contribution in [0.3, 0.4) is 0 Å². The molecular formula is C14H11I3N2O6. The number of halogens is 3. The maximum absolute atomic E-state index is 11.9. The molecule has 2 amide bonds. The van der Waals surface area contributed by atoms with Crippen molar-refractivity contribution in [1.29, 1.82) is 0 Å². The molecule has 1 aromatic carbocycles. The van der Waals surface area contributed by atoms with Crippen molar-refractivity contribution >= 4 is 103 Å². The summed E-state index contributed by atoms with van der Waals surface area (Å²) in [6, 6.07) is 0. The molecule has 0 fully saturated rings. The van der Waals surface area contributed by atoms with E-state index in [1.807, 2.05) is 45.2 Å². The molecule has 0 saturated carbocycles. The molecule has 0 bridgehead atoms. The molecule has 11 heteroatoms. The highest BCUT2D eigenvalue weighted by atomic mass is 127. The van der Waals surface area contributed by atoms with Crippen molar-refractivity contribution in [2.45, 2.75) is 6.92 Å². The highest BCUT2D eigenvalue weighted by molar-refractivity contribution is 14.1. The van der Waals surface area contributed by atoms with E-state index in [0.717, 1.165) is 6.08 Å². The van der Waals surface area contributed by atoms with Gasteiger partial charge in [0.05, 0.1) is 27.6 Å². The predicted molar refractivity (Wildman–Crippen MR) is 116 cm³/mol. The van der Waals surface area contributed by atoms with E-state index in [9.17, 15) is 24.3 Å². The third-order valence-corrected chi connectivity index (χ3v) is 6.12. The Bertz CT molecular complexity index is 806. The maximum atomic E-state index is 11.9. The number of amides is 2. The zero-order valence-electron chi connectivity index (χ0n) is 12.8. The van der Waals surface area contributed by atoms with Crippen LogP contribution < -0.4 is 10.2 Å². The summed E-state index contributed by atoms with van der Waals surface area (Å²) < 4.78 is 1.10. The fraction of sp³-hybridized carbons (Fsp3) is 0.143. The molecule has 1 aromatic rings. The molecular weight excluding hydrogens is 673 g/mol. The number of nitrogens with zero attached hydrogens (tertiary/aromatic N) is 1. The summed E-state index contributed by atoms with van der Waals surface area (Å²) in [5.74, 6) is -3.53. The van der Waals surface area contributed by atoms with Gasteiger partial charge < -0.3 is 20.4 Å². The first-order chi connectivity index (χ1) is 11.5. The van der Waals surface area contributed by atoms with Gasteiger partial charge in [0.1, 0.15) is 0 Å². The first kappa shape index (κ1) is 22.1. The number of aliphatic carboxylic acids is 1. The monoisotopic (exact) mass is 684 g/mol. The molecule has 8 nitrogen and oxygen atoms in total. The van der Waals surface area contributed by atoms with E-state index < -0.39 is 17.8 Å². The van der Waals surface area contributed by atoms with Crippen LogP contribution in [0.15, 0.2) is 12.2 Å². The molecule has 0 heterocycles. The second-order valence-corrected chi connectivity index (χ2v) is 7.82. The lowest BCUT2D eigenvalue weighted by Crippen LogP contribution is -2.27. The van der Waals surface area contributed by atoms with E-state index in [2.05, 4.69) is 5.32 Å². The summed E-state index contributed by atoms with van der Waals surface area (Å²) in [5, 5.41) is 20.6. The lowest BCUT2D eigenvalue weighted by molar-refractivity contribution is -0.131. The summed E-state index contributed by atoms with van der Waals surface area (Å²) in [5.41, 5.74) is 0.494. The molecule has 25 heavy (non-hydrogen) atoms. The number of rotatable bonds is 5. The highest BCUT2D eigenvalue weighted by Gasteiger charge is 2.27. The second-order valence-electron chi connectivity index (χ2n) is 4.58. The van der Waals surface area contributed by atoms with Crippen LogP contribution in [-0.4, -0.2) is 41.0 Å². The molecule has 134 valence electrons. The minimum atomic E-state index is -1.29. The third kappa shape index (κ3) is 5.25. The fourth-order valence-corrected chi connectivity index (χ4v) is 6.33. The van der Waals surface area contributed by atoms with Gasteiger partial charge in [0.15, 0.2) is 0 Å². The van der Waals surface area contributed by atoms with Gasteiger partial charge in [-0.1, -0.05) is 0 Å². The Balaban J connectivity index is 3.62. The lowest BCUT2D eigenvalue weighted by atomic mass is 10.1. The van der Waals surface area contributed by atoms with Gasteiger partial charge >= 0.3 is 11.9 Å². The normalized spacial score (nSPS) is 10.6. The standard InChI is InChI=1S/C14H11I3N2O6/c1-5(20)19(2)13-10(16)8(14(24)25)9(15)12(11(13)17)18-6(21)3-4-7(22)23/h3-4H,1-2H3,(H,18,21)(H,22,23)(H,24,25). The van der Waals surface area contributed by atoms with E-state index in [1.54, 1.807) is 22.6 Å². The number of anilines is 2. The van der Waals surface area contributed by atoms with Crippen molar-refractivity contribution in [3.8, 4) is 0 Å². The number of carboxylic acids is 2. The lowest BCUT2D eigenvalue weighted by Gasteiger charge is -2.23. The number of benzene rings is 1. The van der Waals surface area contributed by atoms with Crippen molar-refractivity contribution in [1.82, 2.24) is 0 Å². The van der Waals surface area contributed by atoms with Gasteiger partial charge in [0.25, 0.3) is 0 Å². The molecule has 0 aliphatic carbocycles. The van der Waals surface area contributed by atoms with Crippen LogP contribution in [0.25, 0.3) is 0 Å². The Morgan fingerprint density at radius 3 is 2.00 bits per heavy atom. The SMILES string of the molecule is CC(=O)N(C)c1c(I)c(NC(=O)C=CC(=O)O)c(I)c(C(=O)O)c1I. The molecule has 0 unspecified atom stereocenters. The van der Waals surface area contributed by atoms with Crippen molar-refractivity contribution in [3.63, 3.8) is 0 Å². The van der Waals surface area contributed by atoms with Gasteiger partial charge in [-0.3, -0.25) is 9.59 Å². The number of carboxylic acid groups (broad SMARTS) is 2. The van der Waals surface area contributed by atoms with Gasteiger partial charge in [0, 0.05) is 26.1 Å². The Morgan fingerprint density at radius 2 is 1.56 bits per heavy atom. The van der Waals surface area contributed by atoms with Crippen LogP contribution in [0.1, 0.15) is 17.3 Å². The first-order valence-corrected chi connectivity index (χ1v) is 9.62. The average Bonchev–Trinajstić information content (AvgIpc) is 2.48. The van der Waals surface area contributed by atoms with Gasteiger partial charge in [-0.25, -0.2) is 9.59 Å². The van der Waals surface area contributed by atoms with Gasteiger partial charge in [0.2, 0.25) is 11.8 Å². The van der Waals surface area contributed by atoms with E-state index >= 15 is 0 Å². The molecule has 0 saturated heterocycles. The van der Waals surface area contributed by atoms with Crippen molar-refractivity contribution < 1.29 is 29.4 Å². The van der Waals surface area contributed by atoms with Crippen molar-refractivity contribution in [3.05, 3.63) is 28.4 Å². The minimum absolute atomic E-state index is 0.0535. The average molecular weight is 684 g/mol. The van der Waals surface area contributed by atoms with Crippen LogP contribution in [-0.2, 0) is 14.4 Å². The van der Waals surface area contributed by atoms with Gasteiger partial charge in [-0.2, -0.15) is 0 Å². The van der Waals surface area contributed by atoms with Crippen LogP contribution >= 0.6 is 67.8 Å². The van der Waals surface area contributed by atoms with Crippen LogP contribution in [0.5, 0.6) is 0 Å². The summed E-state index contributed by atoms with van der Waals surface area (Å²) in [4.78, 5) is 47.1. The minimum Gasteiger partial charge on any atom is -0.478 e. The summed E-state index contributed by atoms with van der Waals surface area (Å²) in [6.45, 7) is 1.33. The number of aromatic carboxylic acids is 1. The van der Waals surface area contributed by atoms with Crippen molar-refractivity contribution in [2.75, 3.05) is 17.3 Å². The van der Waals surface area contributed by atoms with Crippen LogP contribution in [0.4, 0.5) is 11.4 Å². The molecule has 0 radical (unpaired) electrons. The molecule has 3 N–H and O–H groups in total. The predicted octanol–water partition coefficient (Wildman–Crippen LogP) is 2.76. The number of carbonyl (C=O) groups is 4. The summed E-state index contributed by atoms with van der Waals surface area (Å²) >= 11 is 5.54. The smallest absolute Gasteiger partial charge is 0.338 e. The summed E-state index contributed by atoms with van der Waals surface area (Å²) in [7, 11) is 1.50. The Morgan fingerprint density at radius 1 is 1.00 bits per heavy atom.